The molecule has 86 valence electrons. The second-order valence-corrected chi connectivity index (χ2v) is 5.99. The molecule has 0 aliphatic rings. The fourth-order valence-electron chi connectivity index (χ4n) is 2.07. The predicted octanol–water partition coefficient (Wildman–Crippen LogP) is 3.35. The van der Waals surface area contributed by atoms with Crippen LogP contribution in [0.5, 0.6) is 0 Å². The van der Waals surface area contributed by atoms with Crippen molar-refractivity contribution in [2.75, 3.05) is 0 Å². The molecule has 0 N–H and O–H groups in total. The van der Waals surface area contributed by atoms with E-state index in [0.717, 1.165) is 24.6 Å². The summed E-state index contributed by atoms with van der Waals surface area (Å²) in [6.45, 7) is 13.0. The molecule has 15 heavy (non-hydrogen) atoms. The summed E-state index contributed by atoms with van der Waals surface area (Å²) in [5.41, 5.74) is 0.225. The van der Waals surface area contributed by atoms with Crippen molar-refractivity contribution in [1.29, 1.82) is 0 Å². The van der Waals surface area contributed by atoms with Crippen molar-refractivity contribution in [1.82, 2.24) is 10.1 Å². The van der Waals surface area contributed by atoms with Crippen LogP contribution in [0.15, 0.2) is 4.52 Å². The molecule has 3 heteroatoms. The average molecular weight is 210 g/mol. The van der Waals surface area contributed by atoms with E-state index in [1.54, 1.807) is 0 Å². The summed E-state index contributed by atoms with van der Waals surface area (Å²) in [4.78, 5) is 4.41. The Hall–Kier alpha value is -0.860. The molecule has 0 saturated carbocycles. The maximum atomic E-state index is 5.31. The molecule has 0 bridgehead atoms. The van der Waals surface area contributed by atoms with Gasteiger partial charge in [0.05, 0.1) is 0 Å². The zero-order chi connectivity index (χ0) is 11.7. The fourth-order valence-corrected chi connectivity index (χ4v) is 2.07. The van der Waals surface area contributed by atoms with Gasteiger partial charge in [-0.1, -0.05) is 46.7 Å². The Morgan fingerprint density at radius 1 is 1.13 bits per heavy atom. The van der Waals surface area contributed by atoms with Crippen molar-refractivity contribution in [3.63, 3.8) is 0 Å². The van der Waals surface area contributed by atoms with Gasteiger partial charge in [0.15, 0.2) is 5.82 Å². The van der Waals surface area contributed by atoms with E-state index in [1.165, 1.54) is 0 Å². The molecule has 0 aliphatic carbocycles. The summed E-state index contributed by atoms with van der Waals surface area (Å²) >= 11 is 0. The van der Waals surface area contributed by atoms with E-state index in [4.69, 9.17) is 4.52 Å². The largest absolute Gasteiger partial charge is 0.339 e. The van der Waals surface area contributed by atoms with E-state index in [-0.39, 0.29) is 10.8 Å². The lowest BCUT2D eigenvalue weighted by molar-refractivity contribution is 0.226. The van der Waals surface area contributed by atoms with Crippen molar-refractivity contribution >= 4 is 0 Å². The summed E-state index contributed by atoms with van der Waals surface area (Å²) < 4.78 is 5.31. The summed E-state index contributed by atoms with van der Waals surface area (Å²) in [6, 6.07) is 0. The second kappa shape index (κ2) is 3.95. The zero-order valence-electron chi connectivity index (χ0n) is 10.7. The van der Waals surface area contributed by atoms with Gasteiger partial charge in [-0.25, -0.2) is 0 Å². The molecule has 0 spiro atoms. The smallest absolute Gasteiger partial charge is 0.232 e. The van der Waals surface area contributed by atoms with Gasteiger partial charge in [-0.05, 0) is 11.8 Å². The fraction of sp³-hybridized carbons (Fsp3) is 0.833. The minimum atomic E-state index is -0.0430. The van der Waals surface area contributed by atoms with Crippen LogP contribution >= 0.6 is 0 Å². The van der Waals surface area contributed by atoms with E-state index >= 15 is 0 Å². The summed E-state index contributed by atoms with van der Waals surface area (Å²) in [5, 5.41) is 3.94. The number of aryl methyl sites for hydroxylation is 1. The zero-order valence-corrected chi connectivity index (χ0v) is 10.7. The maximum Gasteiger partial charge on any atom is 0.232 e. The first kappa shape index (κ1) is 12.2. The lowest BCUT2D eigenvalue weighted by Gasteiger charge is -2.29. The Bertz CT molecular complexity index is 321. The van der Waals surface area contributed by atoms with Crippen LogP contribution in [0.3, 0.4) is 0 Å². The predicted molar refractivity (Wildman–Crippen MR) is 60.8 cm³/mol. The van der Waals surface area contributed by atoms with Crippen LogP contribution < -0.4 is 0 Å². The summed E-state index contributed by atoms with van der Waals surface area (Å²) in [7, 11) is 0. The minimum absolute atomic E-state index is 0.0430. The second-order valence-electron chi connectivity index (χ2n) is 5.99. The molecule has 1 aromatic rings. The van der Waals surface area contributed by atoms with Gasteiger partial charge in [0.2, 0.25) is 5.89 Å². The highest BCUT2D eigenvalue weighted by molar-refractivity contribution is 5.02. The van der Waals surface area contributed by atoms with E-state index in [2.05, 4.69) is 44.8 Å². The van der Waals surface area contributed by atoms with E-state index < -0.39 is 0 Å². The van der Waals surface area contributed by atoms with E-state index in [0.29, 0.717) is 0 Å². The summed E-state index contributed by atoms with van der Waals surface area (Å²) in [5.74, 6) is 1.56. The maximum absolute atomic E-state index is 5.31. The Morgan fingerprint density at radius 3 is 2.13 bits per heavy atom. The average Bonchev–Trinajstić information content (AvgIpc) is 2.47. The molecule has 1 rings (SSSR count). The van der Waals surface area contributed by atoms with E-state index in [9.17, 15) is 0 Å². The van der Waals surface area contributed by atoms with Crippen LogP contribution in [0, 0.1) is 5.41 Å². The molecule has 0 saturated heterocycles. The van der Waals surface area contributed by atoms with Crippen molar-refractivity contribution in [2.24, 2.45) is 5.41 Å². The SMILES string of the molecule is CCc1noc(C(C)(C)CC(C)(C)C)n1. The first-order valence-electron chi connectivity index (χ1n) is 5.58. The molecule has 0 aliphatic heterocycles. The summed E-state index contributed by atoms with van der Waals surface area (Å²) in [6.07, 6.45) is 1.86. The lowest BCUT2D eigenvalue weighted by atomic mass is 9.76. The number of rotatable bonds is 3. The minimum Gasteiger partial charge on any atom is -0.339 e. The highest BCUT2D eigenvalue weighted by atomic mass is 16.5. The Morgan fingerprint density at radius 2 is 1.73 bits per heavy atom. The first-order valence-corrected chi connectivity index (χ1v) is 5.58. The van der Waals surface area contributed by atoms with Crippen LogP contribution in [0.1, 0.15) is 59.7 Å². The number of nitrogens with zero attached hydrogens (tertiary/aromatic N) is 2. The lowest BCUT2D eigenvalue weighted by Crippen LogP contribution is -2.25. The van der Waals surface area contributed by atoms with Crippen LogP contribution in [0.25, 0.3) is 0 Å². The van der Waals surface area contributed by atoms with Gasteiger partial charge in [0.25, 0.3) is 0 Å². The molecule has 0 aromatic carbocycles. The third-order valence-corrected chi connectivity index (χ3v) is 2.34. The van der Waals surface area contributed by atoms with E-state index in [1.807, 2.05) is 6.92 Å². The third-order valence-electron chi connectivity index (χ3n) is 2.34. The van der Waals surface area contributed by atoms with Crippen LogP contribution in [0.4, 0.5) is 0 Å². The molecule has 0 fully saturated rings. The van der Waals surface area contributed by atoms with Crippen molar-refractivity contribution in [3.05, 3.63) is 11.7 Å². The highest BCUT2D eigenvalue weighted by Gasteiger charge is 2.32. The van der Waals surface area contributed by atoms with Crippen LogP contribution in [0.2, 0.25) is 0 Å². The van der Waals surface area contributed by atoms with Crippen molar-refractivity contribution < 1.29 is 4.52 Å². The molecular formula is C12H22N2O. The van der Waals surface area contributed by atoms with Gasteiger partial charge < -0.3 is 4.52 Å². The first-order chi connectivity index (χ1) is 6.74. The van der Waals surface area contributed by atoms with Gasteiger partial charge in [-0.2, -0.15) is 4.98 Å². The quantitative estimate of drug-likeness (QED) is 0.768. The van der Waals surface area contributed by atoms with Gasteiger partial charge in [-0.3, -0.25) is 0 Å². The number of aromatic nitrogens is 2. The van der Waals surface area contributed by atoms with Gasteiger partial charge in [-0.15, -0.1) is 0 Å². The number of hydrogen-bond acceptors (Lipinski definition) is 3. The standard InChI is InChI=1S/C12H22N2O/c1-7-9-13-10(15-14-9)12(5,6)8-11(2,3)4/h7-8H2,1-6H3. The molecule has 0 amide bonds. The highest BCUT2D eigenvalue weighted by Crippen LogP contribution is 2.35. The van der Waals surface area contributed by atoms with Gasteiger partial charge in [0, 0.05) is 11.8 Å². The molecule has 0 atom stereocenters. The van der Waals surface area contributed by atoms with Crippen LogP contribution in [-0.4, -0.2) is 10.1 Å². The monoisotopic (exact) mass is 210 g/mol. The van der Waals surface area contributed by atoms with Gasteiger partial charge in [0.1, 0.15) is 0 Å². The molecule has 3 nitrogen and oxygen atoms in total. The van der Waals surface area contributed by atoms with Gasteiger partial charge >= 0.3 is 0 Å². The molecule has 1 heterocycles. The van der Waals surface area contributed by atoms with Crippen LogP contribution in [-0.2, 0) is 11.8 Å². The van der Waals surface area contributed by atoms with Crippen molar-refractivity contribution in [2.45, 2.75) is 59.8 Å². The molecule has 0 radical (unpaired) electrons. The Kier molecular flexibility index (Phi) is 3.22. The third kappa shape index (κ3) is 3.33. The Balaban J connectivity index is 2.85. The Labute approximate surface area is 92.3 Å². The molecule has 0 unspecified atom stereocenters. The molecular weight excluding hydrogens is 188 g/mol. The molecule has 1 aromatic heterocycles. The normalized spacial score (nSPS) is 13.2. The number of hydrogen-bond donors (Lipinski definition) is 0. The van der Waals surface area contributed by atoms with Crippen molar-refractivity contribution in [3.8, 4) is 0 Å². The topological polar surface area (TPSA) is 38.9 Å².